The molecule has 2 N–H and O–H groups in total. The molecule has 3 nitrogen and oxygen atoms in total. The van der Waals surface area contributed by atoms with Gasteiger partial charge in [0.2, 0.25) is 5.91 Å². The molecule has 1 atom stereocenters. The molecule has 0 radical (unpaired) electrons. The number of carbonyl (C=O) groups is 1. The van der Waals surface area contributed by atoms with E-state index in [1.165, 1.54) is 25.7 Å². The zero-order valence-electron chi connectivity index (χ0n) is 12.0. The van der Waals surface area contributed by atoms with Gasteiger partial charge in [0, 0.05) is 25.6 Å². The van der Waals surface area contributed by atoms with Crippen molar-refractivity contribution in [2.45, 2.75) is 64.8 Å². The van der Waals surface area contributed by atoms with Gasteiger partial charge in [-0.2, -0.15) is 0 Å². The summed E-state index contributed by atoms with van der Waals surface area (Å²) in [6.45, 7) is 6.05. The van der Waals surface area contributed by atoms with Gasteiger partial charge in [0.25, 0.3) is 0 Å². The Bertz CT molecular complexity index is 297. The standard InChI is InChI=1S/C15H28N2O/c1-15(2)9-10-17(11-13(15)16)14(18)8-4-7-12-5-3-6-12/h12-13H,3-11,16H2,1-2H3. The van der Waals surface area contributed by atoms with Crippen molar-refractivity contribution >= 4 is 5.91 Å². The summed E-state index contributed by atoms with van der Waals surface area (Å²) in [5.41, 5.74) is 6.34. The lowest BCUT2D eigenvalue weighted by Gasteiger charge is -2.42. The van der Waals surface area contributed by atoms with Crippen LogP contribution in [0.2, 0.25) is 0 Å². The third-order valence-corrected chi connectivity index (χ3v) is 5.03. The Morgan fingerprint density at radius 2 is 2.11 bits per heavy atom. The van der Waals surface area contributed by atoms with Crippen LogP contribution >= 0.6 is 0 Å². The molecular formula is C15H28N2O. The first-order valence-corrected chi connectivity index (χ1v) is 7.52. The zero-order valence-corrected chi connectivity index (χ0v) is 12.0. The number of amides is 1. The number of piperidine rings is 1. The van der Waals surface area contributed by atoms with Gasteiger partial charge in [-0.3, -0.25) is 4.79 Å². The molecular weight excluding hydrogens is 224 g/mol. The molecule has 2 aliphatic rings. The van der Waals surface area contributed by atoms with Gasteiger partial charge in [-0.15, -0.1) is 0 Å². The van der Waals surface area contributed by atoms with Gasteiger partial charge in [0.05, 0.1) is 0 Å². The molecule has 1 saturated carbocycles. The van der Waals surface area contributed by atoms with Gasteiger partial charge in [-0.05, 0) is 30.6 Å². The molecule has 1 unspecified atom stereocenters. The van der Waals surface area contributed by atoms with Crippen molar-refractivity contribution in [2.24, 2.45) is 17.1 Å². The minimum atomic E-state index is 0.127. The molecule has 0 aromatic heterocycles. The predicted molar refractivity (Wildman–Crippen MR) is 74.1 cm³/mol. The summed E-state index contributed by atoms with van der Waals surface area (Å²) >= 11 is 0. The highest BCUT2D eigenvalue weighted by atomic mass is 16.2. The number of hydrogen-bond donors (Lipinski definition) is 1. The average Bonchev–Trinajstić information content (AvgIpc) is 2.25. The molecule has 1 heterocycles. The normalized spacial score (nSPS) is 27.9. The van der Waals surface area contributed by atoms with Gasteiger partial charge >= 0.3 is 0 Å². The van der Waals surface area contributed by atoms with E-state index in [1.807, 2.05) is 4.90 Å². The highest BCUT2D eigenvalue weighted by Crippen LogP contribution is 2.32. The molecule has 1 aliphatic carbocycles. The lowest BCUT2D eigenvalue weighted by atomic mass is 9.78. The Morgan fingerprint density at radius 3 is 2.67 bits per heavy atom. The van der Waals surface area contributed by atoms with Crippen LogP contribution < -0.4 is 5.73 Å². The van der Waals surface area contributed by atoms with Gasteiger partial charge in [0.1, 0.15) is 0 Å². The highest BCUT2D eigenvalue weighted by molar-refractivity contribution is 5.76. The number of rotatable bonds is 4. The van der Waals surface area contributed by atoms with Crippen molar-refractivity contribution < 1.29 is 4.79 Å². The van der Waals surface area contributed by atoms with Crippen molar-refractivity contribution in [3.8, 4) is 0 Å². The second-order valence-electron chi connectivity index (χ2n) is 6.87. The van der Waals surface area contributed by atoms with E-state index in [9.17, 15) is 4.79 Å². The molecule has 18 heavy (non-hydrogen) atoms. The van der Waals surface area contributed by atoms with Crippen LogP contribution in [0.25, 0.3) is 0 Å². The molecule has 1 aliphatic heterocycles. The van der Waals surface area contributed by atoms with E-state index in [0.717, 1.165) is 38.3 Å². The molecule has 0 bridgehead atoms. The molecule has 1 amide bonds. The fourth-order valence-electron chi connectivity index (χ4n) is 2.89. The maximum absolute atomic E-state index is 12.1. The molecule has 0 aromatic rings. The Morgan fingerprint density at radius 1 is 1.39 bits per heavy atom. The summed E-state index contributed by atoms with van der Waals surface area (Å²) in [5.74, 6) is 1.24. The van der Waals surface area contributed by atoms with Crippen LogP contribution in [0.5, 0.6) is 0 Å². The van der Waals surface area contributed by atoms with Crippen LogP contribution in [0.4, 0.5) is 0 Å². The molecule has 0 aromatic carbocycles. The Kier molecular flexibility index (Phi) is 4.31. The maximum atomic E-state index is 12.1. The smallest absolute Gasteiger partial charge is 0.222 e. The third-order valence-electron chi connectivity index (χ3n) is 5.03. The summed E-state index contributed by atoms with van der Waals surface area (Å²) in [6, 6.07) is 0.127. The number of nitrogens with two attached hydrogens (primary N) is 1. The van der Waals surface area contributed by atoms with E-state index < -0.39 is 0 Å². The molecule has 0 spiro atoms. The molecule has 1 saturated heterocycles. The first-order valence-electron chi connectivity index (χ1n) is 7.52. The topological polar surface area (TPSA) is 46.3 Å². The van der Waals surface area contributed by atoms with E-state index in [1.54, 1.807) is 0 Å². The lowest BCUT2D eigenvalue weighted by Crippen LogP contribution is -2.54. The third kappa shape index (κ3) is 3.25. The molecule has 104 valence electrons. The molecule has 2 fully saturated rings. The number of hydrogen-bond acceptors (Lipinski definition) is 2. The number of nitrogens with zero attached hydrogens (tertiary/aromatic N) is 1. The average molecular weight is 252 g/mol. The van der Waals surface area contributed by atoms with Crippen molar-refractivity contribution in [2.75, 3.05) is 13.1 Å². The van der Waals surface area contributed by atoms with E-state index in [0.29, 0.717) is 5.91 Å². The maximum Gasteiger partial charge on any atom is 0.222 e. The van der Waals surface area contributed by atoms with Gasteiger partial charge < -0.3 is 10.6 Å². The fourth-order valence-corrected chi connectivity index (χ4v) is 2.89. The van der Waals surface area contributed by atoms with E-state index in [4.69, 9.17) is 5.73 Å². The minimum Gasteiger partial charge on any atom is -0.341 e. The first kappa shape index (κ1) is 13.9. The summed E-state index contributed by atoms with van der Waals surface area (Å²) < 4.78 is 0. The largest absolute Gasteiger partial charge is 0.341 e. The Balaban J connectivity index is 1.69. The van der Waals surface area contributed by atoms with Crippen LogP contribution in [0.15, 0.2) is 0 Å². The first-order chi connectivity index (χ1) is 8.49. The van der Waals surface area contributed by atoms with Crippen LogP contribution in [0, 0.1) is 11.3 Å². The quantitative estimate of drug-likeness (QED) is 0.835. The van der Waals surface area contributed by atoms with Crippen molar-refractivity contribution in [1.29, 1.82) is 0 Å². The number of likely N-dealkylation sites (tertiary alicyclic amines) is 1. The minimum absolute atomic E-state index is 0.127. The summed E-state index contributed by atoms with van der Waals surface area (Å²) in [4.78, 5) is 14.1. The Labute approximate surface area is 111 Å². The van der Waals surface area contributed by atoms with Crippen LogP contribution in [-0.2, 0) is 4.79 Å². The van der Waals surface area contributed by atoms with E-state index >= 15 is 0 Å². The van der Waals surface area contributed by atoms with Crippen LogP contribution in [-0.4, -0.2) is 29.9 Å². The fraction of sp³-hybridized carbons (Fsp3) is 0.933. The second-order valence-corrected chi connectivity index (χ2v) is 6.87. The van der Waals surface area contributed by atoms with Crippen LogP contribution in [0.3, 0.4) is 0 Å². The summed E-state index contributed by atoms with van der Waals surface area (Å²) in [7, 11) is 0. The molecule has 2 rings (SSSR count). The predicted octanol–water partition coefficient (Wildman–Crippen LogP) is 2.54. The second kappa shape index (κ2) is 5.60. The number of carbonyl (C=O) groups excluding carboxylic acids is 1. The van der Waals surface area contributed by atoms with Crippen molar-refractivity contribution in [1.82, 2.24) is 4.90 Å². The van der Waals surface area contributed by atoms with Gasteiger partial charge in [-0.25, -0.2) is 0 Å². The Hall–Kier alpha value is -0.570. The van der Waals surface area contributed by atoms with E-state index in [-0.39, 0.29) is 11.5 Å². The van der Waals surface area contributed by atoms with Crippen LogP contribution in [0.1, 0.15) is 58.8 Å². The van der Waals surface area contributed by atoms with Gasteiger partial charge in [-0.1, -0.05) is 33.1 Å². The van der Waals surface area contributed by atoms with E-state index in [2.05, 4.69) is 13.8 Å². The van der Waals surface area contributed by atoms with Crippen molar-refractivity contribution in [3.63, 3.8) is 0 Å². The van der Waals surface area contributed by atoms with Crippen molar-refractivity contribution in [3.05, 3.63) is 0 Å². The summed E-state index contributed by atoms with van der Waals surface area (Å²) in [6.07, 6.45) is 8.24. The lowest BCUT2D eigenvalue weighted by molar-refractivity contribution is -0.133. The summed E-state index contributed by atoms with van der Waals surface area (Å²) in [5, 5.41) is 0. The molecule has 3 heteroatoms. The van der Waals surface area contributed by atoms with Gasteiger partial charge in [0.15, 0.2) is 0 Å². The monoisotopic (exact) mass is 252 g/mol. The SMILES string of the molecule is CC1(C)CCN(C(=O)CCCC2CCC2)CC1N. The zero-order chi connectivity index (χ0) is 13.2. The highest BCUT2D eigenvalue weighted by Gasteiger charge is 2.34.